The van der Waals surface area contributed by atoms with Crippen LogP contribution in [0.3, 0.4) is 0 Å². The van der Waals surface area contributed by atoms with Crippen LogP contribution in [0.2, 0.25) is 5.02 Å². The molecule has 0 bridgehead atoms. The summed E-state index contributed by atoms with van der Waals surface area (Å²) in [7, 11) is 0. The van der Waals surface area contributed by atoms with Gasteiger partial charge in [0.05, 0.1) is 29.9 Å². The highest BCUT2D eigenvalue weighted by atomic mass is 35.5. The monoisotopic (exact) mass is 463 g/mol. The first-order chi connectivity index (χ1) is 15.9. The maximum Gasteiger partial charge on any atom is 0.310 e. The summed E-state index contributed by atoms with van der Waals surface area (Å²) >= 11 is 6.29. The summed E-state index contributed by atoms with van der Waals surface area (Å²) in [6.45, 7) is 4.10. The number of pyridine rings is 1. The number of ether oxygens (including phenoxy) is 2. The molecule has 4 aromatic rings. The minimum Gasteiger partial charge on any atom is -0.466 e. The van der Waals surface area contributed by atoms with Crippen LogP contribution >= 0.6 is 11.6 Å². The molecule has 2 aromatic carbocycles. The van der Waals surface area contributed by atoms with E-state index in [0.717, 1.165) is 22.0 Å². The summed E-state index contributed by atoms with van der Waals surface area (Å²) in [5, 5.41) is 4.14. The summed E-state index contributed by atoms with van der Waals surface area (Å²) in [6, 6.07) is 16.2. The summed E-state index contributed by atoms with van der Waals surface area (Å²) in [5.41, 5.74) is 3.74. The third kappa shape index (κ3) is 5.51. The Hall–Kier alpha value is -3.84. The van der Waals surface area contributed by atoms with Crippen LogP contribution in [-0.4, -0.2) is 28.5 Å². The lowest BCUT2D eigenvalue weighted by Crippen LogP contribution is -2.12. The van der Waals surface area contributed by atoms with Crippen LogP contribution in [0.5, 0.6) is 11.6 Å². The number of nitrogens with one attached hydrogen (secondary N) is 2. The average Bonchev–Trinajstić information content (AvgIpc) is 3.20. The first-order valence-corrected chi connectivity index (χ1v) is 10.8. The molecule has 0 saturated carbocycles. The fourth-order valence-corrected chi connectivity index (χ4v) is 3.56. The largest absolute Gasteiger partial charge is 0.466 e. The number of hydrogen-bond donors (Lipinski definition) is 2. The standard InChI is InChI=1S/C25H22ClN3O4/c1-3-32-24(30)12-16-5-8-22(19(26)11-16)33-23-9-6-18(14-27-23)28-25(31)21-13-17-10-15(2)4-7-20(17)29-21/h4-11,13-14,29H,3,12H2,1-2H3,(H,28,31). The maximum absolute atomic E-state index is 12.6. The lowest BCUT2D eigenvalue weighted by atomic mass is 10.1. The first kappa shape index (κ1) is 22.4. The fraction of sp³-hybridized carbons (Fsp3) is 0.160. The molecule has 2 heterocycles. The Bertz CT molecular complexity index is 1320. The van der Waals surface area contributed by atoms with Crippen LogP contribution in [0, 0.1) is 6.92 Å². The molecule has 7 nitrogen and oxygen atoms in total. The van der Waals surface area contributed by atoms with Crippen molar-refractivity contribution in [2.45, 2.75) is 20.3 Å². The van der Waals surface area contributed by atoms with E-state index in [1.807, 2.05) is 31.2 Å². The molecule has 33 heavy (non-hydrogen) atoms. The van der Waals surface area contributed by atoms with E-state index in [9.17, 15) is 9.59 Å². The molecule has 8 heteroatoms. The first-order valence-electron chi connectivity index (χ1n) is 10.4. The zero-order valence-electron chi connectivity index (χ0n) is 18.1. The number of benzene rings is 2. The molecule has 0 aliphatic rings. The third-order valence-corrected chi connectivity index (χ3v) is 5.18. The number of halogens is 1. The summed E-state index contributed by atoms with van der Waals surface area (Å²) in [5.74, 6) is 0.139. The zero-order chi connectivity index (χ0) is 23.4. The highest BCUT2D eigenvalue weighted by Crippen LogP contribution is 2.30. The summed E-state index contributed by atoms with van der Waals surface area (Å²) < 4.78 is 10.7. The van der Waals surface area contributed by atoms with Gasteiger partial charge in [-0.3, -0.25) is 9.59 Å². The molecule has 0 aliphatic heterocycles. The van der Waals surface area contributed by atoms with Crippen molar-refractivity contribution < 1.29 is 19.1 Å². The van der Waals surface area contributed by atoms with Gasteiger partial charge in [0.15, 0.2) is 0 Å². The Morgan fingerprint density at radius 3 is 2.67 bits per heavy atom. The van der Waals surface area contributed by atoms with Crippen LogP contribution in [0.4, 0.5) is 5.69 Å². The summed E-state index contributed by atoms with van der Waals surface area (Å²) in [6.07, 6.45) is 1.64. The van der Waals surface area contributed by atoms with E-state index in [1.54, 1.807) is 37.3 Å². The number of aryl methyl sites for hydroxylation is 1. The second-order valence-electron chi connectivity index (χ2n) is 7.46. The van der Waals surface area contributed by atoms with Crippen molar-refractivity contribution in [2.24, 2.45) is 0 Å². The molecule has 0 fully saturated rings. The van der Waals surface area contributed by atoms with Crippen LogP contribution < -0.4 is 10.1 Å². The molecule has 0 spiro atoms. The highest BCUT2D eigenvalue weighted by molar-refractivity contribution is 6.32. The van der Waals surface area contributed by atoms with Gasteiger partial charge < -0.3 is 19.8 Å². The normalized spacial score (nSPS) is 10.8. The number of hydrogen-bond acceptors (Lipinski definition) is 5. The van der Waals surface area contributed by atoms with Crippen molar-refractivity contribution in [1.29, 1.82) is 0 Å². The number of aromatic nitrogens is 2. The molecule has 0 unspecified atom stereocenters. The molecule has 1 amide bonds. The molecule has 0 atom stereocenters. The number of fused-ring (bicyclic) bond motifs is 1. The van der Waals surface area contributed by atoms with E-state index in [-0.39, 0.29) is 18.3 Å². The maximum atomic E-state index is 12.6. The van der Waals surface area contributed by atoms with E-state index in [4.69, 9.17) is 21.1 Å². The lowest BCUT2D eigenvalue weighted by molar-refractivity contribution is -0.142. The number of carbonyl (C=O) groups excluding carboxylic acids is 2. The molecule has 0 aliphatic carbocycles. The van der Waals surface area contributed by atoms with Crippen LogP contribution in [0.15, 0.2) is 60.8 Å². The van der Waals surface area contributed by atoms with E-state index >= 15 is 0 Å². The Labute approximate surface area is 195 Å². The van der Waals surface area contributed by atoms with Crippen molar-refractivity contribution in [3.63, 3.8) is 0 Å². The molecule has 168 valence electrons. The van der Waals surface area contributed by atoms with E-state index in [2.05, 4.69) is 15.3 Å². The van der Waals surface area contributed by atoms with Gasteiger partial charge >= 0.3 is 5.97 Å². The SMILES string of the molecule is CCOC(=O)Cc1ccc(Oc2ccc(NC(=O)c3cc4cc(C)ccc4[nH]3)cn2)c(Cl)c1. The van der Waals surface area contributed by atoms with Gasteiger partial charge in [0.25, 0.3) is 5.91 Å². The minimum atomic E-state index is -0.316. The lowest BCUT2D eigenvalue weighted by Gasteiger charge is -2.09. The Kier molecular flexibility index (Phi) is 6.60. The molecule has 0 saturated heterocycles. The van der Waals surface area contributed by atoms with Crippen molar-refractivity contribution in [3.8, 4) is 11.6 Å². The number of amides is 1. The predicted octanol–water partition coefficient (Wildman–Crippen LogP) is 5.67. The number of H-pyrrole nitrogens is 1. The van der Waals surface area contributed by atoms with E-state index in [1.165, 1.54) is 6.20 Å². The molecule has 4 rings (SSSR count). The Morgan fingerprint density at radius 2 is 1.94 bits per heavy atom. The van der Waals surface area contributed by atoms with Crippen LogP contribution in [0.1, 0.15) is 28.5 Å². The molecular weight excluding hydrogens is 442 g/mol. The number of rotatable bonds is 7. The molecular formula is C25H22ClN3O4. The average molecular weight is 464 g/mol. The smallest absolute Gasteiger partial charge is 0.310 e. The second kappa shape index (κ2) is 9.75. The van der Waals surface area contributed by atoms with Gasteiger partial charge in [-0.05, 0) is 55.8 Å². The second-order valence-corrected chi connectivity index (χ2v) is 7.87. The van der Waals surface area contributed by atoms with Gasteiger partial charge in [0.1, 0.15) is 11.4 Å². The number of anilines is 1. The highest BCUT2D eigenvalue weighted by Gasteiger charge is 2.12. The van der Waals surface area contributed by atoms with E-state index < -0.39 is 0 Å². The fourth-order valence-electron chi connectivity index (χ4n) is 3.32. The number of nitrogens with zero attached hydrogens (tertiary/aromatic N) is 1. The third-order valence-electron chi connectivity index (χ3n) is 4.88. The van der Waals surface area contributed by atoms with Crippen LogP contribution in [-0.2, 0) is 16.0 Å². The van der Waals surface area contributed by atoms with Crippen molar-refractivity contribution in [3.05, 3.63) is 82.6 Å². The summed E-state index contributed by atoms with van der Waals surface area (Å²) in [4.78, 5) is 31.6. The van der Waals surface area contributed by atoms with Gasteiger partial charge in [-0.25, -0.2) is 4.98 Å². The van der Waals surface area contributed by atoms with Gasteiger partial charge in [-0.1, -0.05) is 29.3 Å². The van der Waals surface area contributed by atoms with Crippen molar-refractivity contribution in [1.82, 2.24) is 9.97 Å². The van der Waals surface area contributed by atoms with Gasteiger partial charge in [0, 0.05) is 17.0 Å². The quantitative estimate of drug-likeness (QED) is 0.344. The molecule has 2 aromatic heterocycles. The minimum absolute atomic E-state index is 0.135. The Balaban J connectivity index is 1.39. The van der Waals surface area contributed by atoms with Crippen molar-refractivity contribution in [2.75, 3.05) is 11.9 Å². The topological polar surface area (TPSA) is 93.3 Å². The molecule has 0 radical (unpaired) electrons. The van der Waals surface area contributed by atoms with Gasteiger partial charge in [-0.2, -0.15) is 0 Å². The van der Waals surface area contributed by atoms with Crippen molar-refractivity contribution >= 4 is 40.1 Å². The predicted molar refractivity (Wildman–Crippen MR) is 127 cm³/mol. The number of aromatic amines is 1. The Morgan fingerprint density at radius 1 is 1.09 bits per heavy atom. The number of esters is 1. The number of carbonyl (C=O) groups is 2. The van der Waals surface area contributed by atoms with Gasteiger partial charge in [-0.15, -0.1) is 0 Å². The van der Waals surface area contributed by atoms with E-state index in [0.29, 0.717) is 34.6 Å². The molecule has 2 N–H and O–H groups in total. The zero-order valence-corrected chi connectivity index (χ0v) is 18.9. The van der Waals surface area contributed by atoms with Crippen LogP contribution in [0.25, 0.3) is 10.9 Å². The van der Waals surface area contributed by atoms with Gasteiger partial charge in [0.2, 0.25) is 5.88 Å².